The Bertz CT molecular complexity index is 143. The summed E-state index contributed by atoms with van der Waals surface area (Å²) in [6, 6.07) is 0. The summed E-state index contributed by atoms with van der Waals surface area (Å²) >= 11 is 0. The molecule has 0 aromatic carbocycles. The minimum atomic E-state index is -0.109. The van der Waals surface area contributed by atoms with Gasteiger partial charge in [0.15, 0.2) is 0 Å². The van der Waals surface area contributed by atoms with Gasteiger partial charge in [0.1, 0.15) is 6.10 Å². The van der Waals surface area contributed by atoms with Gasteiger partial charge in [0.05, 0.1) is 13.2 Å². The van der Waals surface area contributed by atoms with E-state index in [1.165, 1.54) is 6.08 Å². The first-order chi connectivity index (χ1) is 5.74. The molecule has 4 heteroatoms. The van der Waals surface area contributed by atoms with Crippen LogP contribution in [0.25, 0.3) is 0 Å². The van der Waals surface area contributed by atoms with Gasteiger partial charge in [-0.3, -0.25) is 4.79 Å². The van der Waals surface area contributed by atoms with Gasteiger partial charge in [0.2, 0.25) is 5.91 Å². The number of amides is 1. The van der Waals surface area contributed by atoms with Crippen LogP contribution in [0.4, 0.5) is 0 Å². The van der Waals surface area contributed by atoms with Crippen molar-refractivity contribution in [3.8, 4) is 0 Å². The smallest absolute Gasteiger partial charge is 0.243 e. The van der Waals surface area contributed by atoms with E-state index in [1.807, 2.05) is 6.92 Å². The molecular weight excluding hydrogens is 158 g/mol. The largest absolute Gasteiger partial charge is 0.394 e. The fourth-order valence-corrected chi connectivity index (χ4v) is 0.420. The molecule has 2 N–H and O–H groups in total. The average Bonchev–Trinajstić information content (AvgIpc) is 2.88. The average molecular weight is 173 g/mol. The number of likely N-dealkylation sites (N-methyl/N-ethyl adjacent to an activating group) is 1. The third-order valence-electron chi connectivity index (χ3n) is 1.14. The van der Waals surface area contributed by atoms with Crippen LogP contribution in [-0.4, -0.2) is 36.9 Å². The van der Waals surface area contributed by atoms with E-state index in [0.29, 0.717) is 6.54 Å². The first kappa shape index (κ1) is 11.1. The van der Waals surface area contributed by atoms with Gasteiger partial charge in [-0.2, -0.15) is 0 Å². The van der Waals surface area contributed by atoms with Crippen LogP contribution in [0.2, 0.25) is 0 Å². The number of carbonyl (C=O) groups is 1. The highest BCUT2D eigenvalue weighted by Crippen LogP contribution is 2.04. The third kappa shape index (κ3) is 7.24. The molecule has 0 aliphatic carbocycles. The molecule has 0 aromatic heterocycles. The molecule has 1 saturated heterocycles. The first-order valence-electron chi connectivity index (χ1n) is 3.87. The van der Waals surface area contributed by atoms with Crippen LogP contribution in [0.1, 0.15) is 6.92 Å². The Morgan fingerprint density at radius 1 is 1.92 bits per heavy atom. The van der Waals surface area contributed by atoms with Gasteiger partial charge in [-0.15, -0.1) is 0 Å². The van der Waals surface area contributed by atoms with Crippen molar-refractivity contribution >= 4 is 5.91 Å². The molecule has 0 saturated carbocycles. The number of hydrogen-bond acceptors (Lipinski definition) is 3. The number of nitrogens with one attached hydrogen (secondary N) is 1. The zero-order chi connectivity index (χ0) is 9.40. The van der Waals surface area contributed by atoms with E-state index < -0.39 is 0 Å². The Labute approximate surface area is 72.2 Å². The summed E-state index contributed by atoms with van der Waals surface area (Å²) in [6.45, 7) is 6.76. The summed E-state index contributed by atoms with van der Waals surface area (Å²) in [4.78, 5) is 10.2. The number of aliphatic hydroxyl groups is 1. The minimum Gasteiger partial charge on any atom is -0.394 e. The summed E-state index contributed by atoms with van der Waals surface area (Å²) in [5.74, 6) is -0.109. The third-order valence-corrected chi connectivity index (χ3v) is 1.14. The molecule has 1 unspecified atom stereocenters. The molecule has 0 radical (unpaired) electrons. The van der Waals surface area contributed by atoms with Crippen molar-refractivity contribution in [2.45, 2.75) is 13.0 Å². The number of epoxide rings is 1. The predicted octanol–water partition coefficient (Wildman–Crippen LogP) is -0.314. The molecule has 0 aromatic rings. The lowest BCUT2D eigenvalue weighted by molar-refractivity contribution is -0.116. The molecule has 1 aliphatic heterocycles. The van der Waals surface area contributed by atoms with E-state index in [4.69, 9.17) is 5.11 Å². The lowest BCUT2D eigenvalue weighted by atomic mass is 10.5. The summed E-state index contributed by atoms with van der Waals surface area (Å²) in [7, 11) is 0. The second-order valence-corrected chi connectivity index (χ2v) is 2.24. The molecule has 70 valence electrons. The van der Waals surface area contributed by atoms with Crippen molar-refractivity contribution in [1.29, 1.82) is 0 Å². The molecule has 0 bridgehead atoms. The Balaban J connectivity index is 0.000000211. The SMILES string of the molecule is C=CC(=O)NCC.OCC1CO1. The Kier molecular flexibility index (Phi) is 6.32. The van der Waals surface area contributed by atoms with Gasteiger partial charge >= 0.3 is 0 Å². The van der Waals surface area contributed by atoms with Crippen molar-refractivity contribution < 1.29 is 14.6 Å². The highest BCUT2D eigenvalue weighted by atomic mass is 16.6. The lowest BCUT2D eigenvalue weighted by Crippen LogP contribution is -2.19. The van der Waals surface area contributed by atoms with E-state index in [0.717, 1.165) is 6.61 Å². The fraction of sp³-hybridized carbons (Fsp3) is 0.625. The number of ether oxygens (including phenoxy) is 1. The monoisotopic (exact) mass is 173 g/mol. The minimum absolute atomic E-state index is 0.109. The van der Waals surface area contributed by atoms with Crippen LogP contribution < -0.4 is 5.32 Å². The summed E-state index contributed by atoms with van der Waals surface area (Å²) in [5, 5.41) is 10.6. The number of aliphatic hydroxyl groups excluding tert-OH is 1. The molecule has 12 heavy (non-hydrogen) atoms. The van der Waals surface area contributed by atoms with E-state index >= 15 is 0 Å². The van der Waals surface area contributed by atoms with Crippen molar-refractivity contribution in [1.82, 2.24) is 5.32 Å². The first-order valence-corrected chi connectivity index (χ1v) is 3.87. The van der Waals surface area contributed by atoms with E-state index in [9.17, 15) is 4.79 Å². The number of hydrogen-bond donors (Lipinski definition) is 2. The van der Waals surface area contributed by atoms with Crippen molar-refractivity contribution in [3.63, 3.8) is 0 Å². The summed E-state index contributed by atoms with van der Waals surface area (Å²) < 4.78 is 4.61. The zero-order valence-electron chi connectivity index (χ0n) is 7.25. The van der Waals surface area contributed by atoms with Crippen molar-refractivity contribution in [2.24, 2.45) is 0 Å². The molecule has 1 heterocycles. The number of rotatable bonds is 3. The van der Waals surface area contributed by atoms with E-state index in [-0.39, 0.29) is 18.6 Å². The Morgan fingerprint density at radius 3 is 2.58 bits per heavy atom. The van der Waals surface area contributed by atoms with Gasteiger partial charge in [0.25, 0.3) is 0 Å². The van der Waals surface area contributed by atoms with Crippen LogP contribution in [-0.2, 0) is 9.53 Å². The Morgan fingerprint density at radius 2 is 2.50 bits per heavy atom. The normalized spacial score (nSPS) is 18.7. The second kappa shape index (κ2) is 6.82. The quantitative estimate of drug-likeness (QED) is 0.454. The van der Waals surface area contributed by atoms with Gasteiger partial charge in [-0.05, 0) is 13.0 Å². The van der Waals surface area contributed by atoms with Gasteiger partial charge < -0.3 is 15.2 Å². The van der Waals surface area contributed by atoms with E-state index in [2.05, 4.69) is 16.6 Å². The summed E-state index contributed by atoms with van der Waals surface area (Å²) in [6.07, 6.45) is 1.44. The maximum absolute atomic E-state index is 10.2. The molecule has 1 aliphatic rings. The van der Waals surface area contributed by atoms with Gasteiger partial charge in [-0.1, -0.05) is 6.58 Å². The maximum Gasteiger partial charge on any atom is 0.243 e. The van der Waals surface area contributed by atoms with Crippen LogP contribution in [0, 0.1) is 0 Å². The standard InChI is InChI=1S/C5H9NO.C3H6O2/c1-3-5(7)6-4-2;4-1-3-2-5-3/h3H,1,4H2,2H3,(H,6,7);3-4H,1-2H2. The van der Waals surface area contributed by atoms with Crippen LogP contribution in [0.3, 0.4) is 0 Å². The zero-order valence-corrected chi connectivity index (χ0v) is 7.25. The number of carbonyl (C=O) groups excluding carboxylic acids is 1. The van der Waals surface area contributed by atoms with Crippen LogP contribution in [0.5, 0.6) is 0 Å². The summed E-state index contributed by atoms with van der Waals surface area (Å²) in [5.41, 5.74) is 0. The molecular formula is C8H15NO3. The van der Waals surface area contributed by atoms with Crippen molar-refractivity contribution in [2.75, 3.05) is 19.8 Å². The Hall–Kier alpha value is -0.870. The highest BCUT2D eigenvalue weighted by molar-refractivity contribution is 5.86. The van der Waals surface area contributed by atoms with Crippen LogP contribution >= 0.6 is 0 Å². The van der Waals surface area contributed by atoms with Gasteiger partial charge in [0, 0.05) is 6.54 Å². The lowest BCUT2D eigenvalue weighted by Gasteiger charge is -1.90. The van der Waals surface area contributed by atoms with Gasteiger partial charge in [-0.25, -0.2) is 0 Å². The molecule has 1 fully saturated rings. The van der Waals surface area contributed by atoms with Crippen molar-refractivity contribution in [3.05, 3.63) is 12.7 Å². The highest BCUT2D eigenvalue weighted by Gasteiger charge is 2.19. The molecule has 1 amide bonds. The molecule has 1 rings (SSSR count). The molecule has 1 atom stereocenters. The fourth-order valence-electron chi connectivity index (χ4n) is 0.420. The van der Waals surface area contributed by atoms with Crippen LogP contribution in [0.15, 0.2) is 12.7 Å². The predicted molar refractivity (Wildman–Crippen MR) is 45.7 cm³/mol. The topological polar surface area (TPSA) is 61.9 Å². The second-order valence-electron chi connectivity index (χ2n) is 2.24. The molecule has 0 spiro atoms. The maximum atomic E-state index is 10.2. The van der Waals surface area contributed by atoms with E-state index in [1.54, 1.807) is 0 Å². The molecule has 4 nitrogen and oxygen atoms in total.